The third-order valence-corrected chi connectivity index (χ3v) is 3.60. The van der Waals surface area contributed by atoms with Crippen LogP contribution in [-0.4, -0.2) is 29.1 Å². The molecule has 1 amide bonds. The fraction of sp³-hybridized carbons (Fsp3) is 0.571. The van der Waals surface area contributed by atoms with Crippen molar-refractivity contribution in [3.8, 4) is 0 Å². The molecule has 0 aliphatic rings. The highest BCUT2D eigenvalue weighted by molar-refractivity contribution is 5.94. The number of rotatable bonds is 6. The van der Waals surface area contributed by atoms with Gasteiger partial charge in [0.1, 0.15) is 0 Å². The Balaban J connectivity index is 2.66. The van der Waals surface area contributed by atoms with Crippen molar-refractivity contribution >= 4 is 5.91 Å². The molecular weight excluding hydrogens is 228 g/mol. The zero-order valence-electron chi connectivity index (χ0n) is 11.4. The van der Waals surface area contributed by atoms with Gasteiger partial charge in [-0.05, 0) is 31.4 Å². The van der Waals surface area contributed by atoms with Crippen LogP contribution in [-0.2, 0) is 0 Å². The minimum Gasteiger partial charge on any atom is -0.396 e. The van der Waals surface area contributed by atoms with Crippen molar-refractivity contribution in [1.29, 1.82) is 0 Å². The molecule has 1 aromatic heterocycles. The van der Waals surface area contributed by atoms with Crippen molar-refractivity contribution in [1.82, 2.24) is 10.3 Å². The number of hydrogen-bond donors (Lipinski definition) is 2. The molecule has 1 heterocycles. The zero-order valence-corrected chi connectivity index (χ0v) is 11.4. The summed E-state index contributed by atoms with van der Waals surface area (Å²) < 4.78 is 0. The summed E-state index contributed by atoms with van der Waals surface area (Å²) in [5.41, 5.74) is 1.31. The lowest BCUT2D eigenvalue weighted by molar-refractivity contribution is 0.0850. The third-order valence-electron chi connectivity index (χ3n) is 3.60. The zero-order chi connectivity index (χ0) is 13.6. The Bertz CT molecular complexity index is 392. The molecule has 0 saturated carbocycles. The smallest absolute Gasteiger partial charge is 0.252 e. The SMILES string of the molecule is CCC(CC)(CO)CNC(=O)c1cncc(C)c1. The summed E-state index contributed by atoms with van der Waals surface area (Å²) in [5, 5.41) is 12.3. The van der Waals surface area contributed by atoms with Crippen LogP contribution < -0.4 is 5.32 Å². The van der Waals surface area contributed by atoms with Crippen molar-refractivity contribution in [2.45, 2.75) is 33.6 Å². The Labute approximate surface area is 108 Å². The molecule has 1 rings (SSSR count). The number of carbonyl (C=O) groups is 1. The number of carbonyl (C=O) groups excluding carboxylic acids is 1. The summed E-state index contributed by atoms with van der Waals surface area (Å²) in [4.78, 5) is 16.0. The Morgan fingerprint density at radius 1 is 1.39 bits per heavy atom. The van der Waals surface area contributed by atoms with Crippen molar-refractivity contribution in [2.75, 3.05) is 13.2 Å². The number of nitrogens with zero attached hydrogens (tertiary/aromatic N) is 1. The minimum atomic E-state index is -0.215. The quantitative estimate of drug-likeness (QED) is 0.810. The number of pyridine rings is 1. The van der Waals surface area contributed by atoms with Gasteiger partial charge in [0, 0.05) is 24.4 Å². The summed E-state index contributed by atoms with van der Waals surface area (Å²) in [6, 6.07) is 1.81. The summed E-state index contributed by atoms with van der Waals surface area (Å²) >= 11 is 0. The van der Waals surface area contributed by atoms with Gasteiger partial charge in [-0.3, -0.25) is 9.78 Å². The monoisotopic (exact) mass is 250 g/mol. The van der Waals surface area contributed by atoms with Crippen LogP contribution in [0.1, 0.15) is 42.6 Å². The number of amides is 1. The first-order valence-electron chi connectivity index (χ1n) is 6.37. The Morgan fingerprint density at radius 2 is 2.06 bits per heavy atom. The van der Waals surface area contributed by atoms with E-state index in [1.54, 1.807) is 18.5 Å². The molecule has 0 aliphatic carbocycles. The first-order chi connectivity index (χ1) is 8.56. The molecule has 0 unspecified atom stereocenters. The molecule has 4 heteroatoms. The van der Waals surface area contributed by atoms with Gasteiger partial charge in [0.05, 0.1) is 12.2 Å². The van der Waals surface area contributed by atoms with Gasteiger partial charge in [-0.15, -0.1) is 0 Å². The Hall–Kier alpha value is -1.42. The molecule has 0 aromatic carbocycles. The highest BCUT2D eigenvalue weighted by Crippen LogP contribution is 2.24. The molecule has 0 saturated heterocycles. The van der Waals surface area contributed by atoms with Crippen LogP contribution in [0, 0.1) is 12.3 Å². The summed E-state index contributed by atoms with van der Waals surface area (Å²) in [5.74, 6) is -0.133. The molecule has 100 valence electrons. The van der Waals surface area contributed by atoms with E-state index in [9.17, 15) is 9.90 Å². The van der Waals surface area contributed by atoms with E-state index in [4.69, 9.17) is 0 Å². The molecule has 0 aliphatic heterocycles. The lowest BCUT2D eigenvalue weighted by atomic mass is 9.83. The number of aliphatic hydroxyl groups excluding tert-OH is 1. The highest BCUT2D eigenvalue weighted by atomic mass is 16.3. The van der Waals surface area contributed by atoms with E-state index in [-0.39, 0.29) is 17.9 Å². The summed E-state index contributed by atoms with van der Waals surface area (Å²) in [6.45, 7) is 6.54. The first-order valence-corrected chi connectivity index (χ1v) is 6.37. The Kier molecular flexibility index (Phi) is 5.28. The van der Waals surface area contributed by atoms with E-state index in [0.717, 1.165) is 18.4 Å². The van der Waals surface area contributed by atoms with Gasteiger partial charge in [0.25, 0.3) is 5.91 Å². The number of aromatic nitrogens is 1. The van der Waals surface area contributed by atoms with Crippen LogP contribution in [0.5, 0.6) is 0 Å². The summed E-state index contributed by atoms with van der Waals surface area (Å²) in [6.07, 6.45) is 4.95. The van der Waals surface area contributed by atoms with Crippen LogP contribution in [0.15, 0.2) is 18.5 Å². The molecule has 18 heavy (non-hydrogen) atoms. The first kappa shape index (κ1) is 14.6. The lowest BCUT2D eigenvalue weighted by Gasteiger charge is -2.29. The second-order valence-corrected chi connectivity index (χ2v) is 4.80. The van der Waals surface area contributed by atoms with E-state index in [0.29, 0.717) is 12.1 Å². The number of hydrogen-bond acceptors (Lipinski definition) is 3. The second kappa shape index (κ2) is 6.50. The maximum atomic E-state index is 12.0. The molecule has 0 spiro atoms. The van der Waals surface area contributed by atoms with Crippen molar-refractivity contribution < 1.29 is 9.90 Å². The molecular formula is C14H22N2O2. The molecule has 4 nitrogen and oxygen atoms in total. The van der Waals surface area contributed by atoms with E-state index >= 15 is 0 Å². The number of aliphatic hydroxyl groups is 1. The van der Waals surface area contributed by atoms with Crippen LogP contribution in [0.3, 0.4) is 0 Å². The predicted octanol–water partition coefficient (Wildman–Crippen LogP) is 1.92. The number of aryl methyl sites for hydroxylation is 1. The van der Waals surface area contributed by atoms with Crippen LogP contribution in [0.2, 0.25) is 0 Å². The van der Waals surface area contributed by atoms with E-state index < -0.39 is 0 Å². The molecule has 0 bridgehead atoms. The van der Waals surface area contributed by atoms with Gasteiger partial charge in [0.15, 0.2) is 0 Å². The van der Waals surface area contributed by atoms with Gasteiger partial charge in [0.2, 0.25) is 0 Å². The van der Waals surface area contributed by atoms with Gasteiger partial charge in [-0.1, -0.05) is 13.8 Å². The third kappa shape index (κ3) is 3.53. The topological polar surface area (TPSA) is 62.2 Å². The standard InChI is InChI=1S/C14H22N2O2/c1-4-14(5-2,10-17)9-16-13(18)12-6-11(3)7-15-8-12/h6-8,17H,4-5,9-10H2,1-3H3,(H,16,18). The van der Waals surface area contributed by atoms with Crippen molar-refractivity contribution in [3.05, 3.63) is 29.6 Å². The largest absolute Gasteiger partial charge is 0.396 e. The van der Waals surface area contributed by atoms with Crippen LogP contribution >= 0.6 is 0 Å². The van der Waals surface area contributed by atoms with E-state index in [1.165, 1.54) is 0 Å². The fourth-order valence-electron chi connectivity index (χ4n) is 1.83. The predicted molar refractivity (Wildman–Crippen MR) is 71.4 cm³/mol. The Morgan fingerprint density at radius 3 is 2.56 bits per heavy atom. The van der Waals surface area contributed by atoms with E-state index in [2.05, 4.69) is 10.3 Å². The van der Waals surface area contributed by atoms with E-state index in [1.807, 2.05) is 20.8 Å². The maximum Gasteiger partial charge on any atom is 0.252 e. The molecule has 0 fully saturated rings. The maximum absolute atomic E-state index is 12.0. The van der Waals surface area contributed by atoms with Gasteiger partial charge < -0.3 is 10.4 Å². The minimum absolute atomic E-state index is 0.0896. The van der Waals surface area contributed by atoms with Crippen LogP contribution in [0.25, 0.3) is 0 Å². The lowest BCUT2D eigenvalue weighted by Crippen LogP contribution is -2.39. The molecule has 0 atom stereocenters. The van der Waals surface area contributed by atoms with Gasteiger partial charge in [-0.25, -0.2) is 0 Å². The normalized spacial score (nSPS) is 11.3. The fourth-order valence-corrected chi connectivity index (χ4v) is 1.83. The van der Waals surface area contributed by atoms with Crippen molar-refractivity contribution in [2.24, 2.45) is 5.41 Å². The molecule has 0 radical (unpaired) electrons. The number of nitrogens with one attached hydrogen (secondary N) is 1. The van der Waals surface area contributed by atoms with Crippen LogP contribution in [0.4, 0.5) is 0 Å². The van der Waals surface area contributed by atoms with Crippen molar-refractivity contribution in [3.63, 3.8) is 0 Å². The highest BCUT2D eigenvalue weighted by Gasteiger charge is 2.25. The second-order valence-electron chi connectivity index (χ2n) is 4.80. The van der Waals surface area contributed by atoms with Gasteiger partial charge >= 0.3 is 0 Å². The molecule has 2 N–H and O–H groups in total. The average Bonchev–Trinajstić information content (AvgIpc) is 2.40. The molecule has 1 aromatic rings. The van der Waals surface area contributed by atoms with Gasteiger partial charge in [-0.2, -0.15) is 0 Å². The summed E-state index contributed by atoms with van der Waals surface area (Å²) in [7, 11) is 0. The average molecular weight is 250 g/mol.